The van der Waals surface area contributed by atoms with E-state index in [2.05, 4.69) is 0 Å². The van der Waals surface area contributed by atoms with E-state index in [9.17, 15) is 14.4 Å². The number of carbonyl (C=O) groups is 3. The van der Waals surface area contributed by atoms with Gasteiger partial charge in [0.1, 0.15) is 6.42 Å². The average molecular weight is 375 g/mol. The molecule has 0 radical (unpaired) electrons. The number of nitrogens with zero attached hydrogens (tertiary/aromatic N) is 2. The van der Waals surface area contributed by atoms with Gasteiger partial charge in [-0.25, -0.2) is 4.79 Å². The Kier molecular flexibility index (Phi) is 4.51. The van der Waals surface area contributed by atoms with Crippen LogP contribution in [0.15, 0.2) is 24.3 Å². The van der Waals surface area contributed by atoms with Crippen molar-refractivity contribution in [2.75, 3.05) is 0 Å². The van der Waals surface area contributed by atoms with Gasteiger partial charge in [-0.2, -0.15) is 0 Å². The molecule has 0 N–H and O–H groups in total. The van der Waals surface area contributed by atoms with Gasteiger partial charge in [-0.3, -0.25) is 19.4 Å². The number of benzene rings is 1. The van der Waals surface area contributed by atoms with Gasteiger partial charge in [0.2, 0.25) is 11.8 Å². The first kappa shape index (κ1) is 17.5. The number of fused-ring (bicyclic) bond motifs is 2. The van der Waals surface area contributed by atoms with Crippen LogP contribution in [0.5, 0.6) is 0 Å². The van der Waals surface area contributed by atoms with Gasteiger partial charge in [-0.15, -0.1) is 0 Å². The van der Waals surface area contributed by atoms with Crippen molar-refractivity contribution in [1.82, 2.24) is 9.80 Å². The van der Waals surface area contributed by atoms with Crippen LogP contribution < -0.4 is 0 Å². The number of amides is 4. The molecule has 1 heterocycles. The van der Waals surface area contributed by atoms with Gasteiger partial charge in [0.15, 0.2) is 0 Å². The van der Waals surface area contributed by atoms with E-state index in [1.165, 1.54) is 16.2 Å². The minimum Gasteiger partial charge on any atom is -0.274 e. The quantitative estimate of drug-likeness (QED) is 0.756. The van der Waals surface area contributed by atoms with Gasteiger partial charge in [-0.1, -0.05) is 30.2 Å². The van der Waals surface area contributed by atoms with Crippen LogP contribution in [-0.2, 0) is 16.0 Å². The van der Waals surface area contributed by atoms with Gasteiger partial charge < -0.3 is 0 Å². The second-order valence-electron chi connectivity index (χ2n) is 7.91. The fourth-order valence-corrected chi connectivity index (χ4v) is 5.10. The Morgan fingerprint density at radius 3 is 2.42 bits per heavy atom. The molecular formula is C20H23ClN2O3. The normalized spacial score (nSPS) is 29.6. The lowest BCUT2D eigenvalue weighted by Gasteiger charge is -2.41. The number of carbonyl (C=O) groups excluding carboxylic acids is 3. The summed E-state index contributed by atoms with van der Waals surface area (Å²) in [5, 5.41) is 0.652. The van der Waals surface area contributed by atoms with Crippen molar-refractivity contribution in [1.29, 1.82) is 0 Å². The number of barbiturate groups is 1. The minimum atomic E-state index is -0.426. The van der Waals surface area contributed by atoms with E-state index in [0.29, 0.717) is 23.3 Å². The predicted molar refractivity (Wildman–Crippen MR) is 97.6 cm³/mol. The Morgan fingerprint density at radius 1 is 1.08 bits per heavy atom. The summed E-state index contributed by atoms with van der Waals surface area (Å²) in [6.07, 6.45) is 4.64. The van der Waals surface area contributed by atoms with Crippen molar-refractivity contribution in [3.8, 4) is 0 Å². The second kappa shape index (κ2) is 6.69. The minimum absolute atomic E-state index is 0.0212. The molecule has 4 atom stereocenters. The third-order valence-corrected chi connectivity index (χ3v) is 6.42. The van der Waals surface area contributed by atoms with Crippen molar-refractivity contribution >= 4 is 29.4 Å². The van der Waals surface area contributed by atoms with Crippen LogP contribution >= 0.6 is 11.6 Å². The molecule has 4 unspecified atom stereocenters. The fourth-order valence-electron chi connectivity index (χ4n) is 4.97. The molecule has 2 bridgehead atoms. The maximum absolute atomic E-state index is 13.1. The van der Waals surface area contributed by atoms with Gasteiger partial charge in [-0.05, 0) is 62.1 Å². The molecular weight excluding hydrogens is 352 g/mol. The summed E-state index contributed by atoms with van der Waals surface area (Å²) in [6.45, 7) is 1.86. The Bertz CT molecular complexity index is 748. The first-order valence-electron chi connectivity index (χ1n) is 9.36. The molecule has 1 aromatic rings. The van der Waals surface area contributed by atoms with Crippen molar-refractivity contribution in [3.63, 3.8) is 0 Å². The number of rotatable bonds is 4. The molecule has 1 saturated heterocycles. The Morgan fingerprint density at radius 2 is 1.81 bits per heavy atom. The first-order chi connectivity index (χ1) is 12.4. The van der Waals surface area contributed by atoms with E-state index in [1.54, 1.807) is 12.1 Å². The Balaban J connectivity index is 1.53. The highest BCUT2D eigenvalue weighted by Gasteiger charge is 2.50. The largest absolute Gasteiger partial charge is 0.333 e. The topological polar surface area (TPSA) is 57.7 Å². The zero-order valence-corrected chi connectivity index (χ0v) is 15.6. The van der Waals surface area contributed by atoms with Gasteiger partial charge in [0.25, 0.3) is 0 Å². The van der Waals surface area contributed by atoms with Crippen molar-refractivity contribution < 1.29 is 14.4 Å². The molecule has 6 heteroatoms. The third kappa shape index (κ3) is 3.02. The SMILES string of the molecule is CC(Cc1ccc(Cl)cc1)N1C(=O)CC(=O)N(C2CC3CCC2C3)C1=O. The smallest absolute Gasteiger partial charge is 0.274 e. The molecule has 1 aromatic carbocycles. The highest BCUT2D eigenvalue weighted by Crippen LogP contribution is 2.47. The van der Waals surface area contributed by atoms with E-state index in [0.717, 1.165) is 24.8 Å². The molecule has 5 nitrogen and oxygen atoms in total. The highest BCUT2D eigenvalue weighted by molar-refractivity contribution is 6.30. The van der Waals surface area contributed by atoms with Gasteiger partial charge in [0.05, 0.1) is 0 Å². The standard InChI is InChI=1S/C20H23ClN2O3/c1-12(8-13-3-6-16(21)7-4-13)22-18(24)11-19(25)23(20(22)26)17-10-14-2-5-15(17)9-14/h3-4,6-7,12,14-15,17H,2,5,8-11H2,1H3. The van der Waals surface area contributed by atoms with Crippen LogP contribution in [0.3, 0.4) is 0 Å². The molecule has 1 aliphatic heterocycles. The molecule has 0 spiro atoms. The Hall–Kier alpha value is -1.88. The molecule has 138 valence electrons. The summed E-state index contributed by atoms with van der Waals surface area (Å²) in [6, 6.07) is 6.65. The van der Waals surface area contributed by atoms with E-state index < -0.39 is 6.03 Å². The van der Waals surface area contributed by atoms with Crippen molar-refractivity contribution in [2.24, 2.45) is 11.8 Å². The lowest BCUT2D eigenvalue weighted by Crippen LogP contribution is -2.61. The average Bonchev–Trinajstić information content (AvgIpc) is 3.19. The molecule has 26 heavy (non-hydrogen) atoms. The summed E-state index contributed by atoms with van der Waals surface area (Å²) in [5.41, 5.74) is 1.01. The molecule has 3 aliphatic rings. The maximum atomic E-state index is 13.1. The summed E-state index contributed by atoms with van der Waals surface area (Å²) in [4.78, 5) is 40.7. The van der Waals surface area contributed by atoms with Crippen LogP contribution in [0, 0.1) is 11.8 Å². The lowest BCUT2D eigenvalue weighted by molar-refractivity contribution is -0.145. The third-order valence-electron chi connectivity index (χ3n) is 6.17. The zero-order valence-electron chi connectivity index (χ0n) is 14.9. The fraction of sp³-hybridized carbons (Fsp3) is 0.550. The monoisotopic (exact) mass is 374 g/mol. The molecule has 4 rings (SSSR count). The summed E-state index contributed by atoms with van der Waals surface area (Å²) in [5.74, 6) is 0.325. The van der Waals surface area contributed by atoms with E-state index in [4.69, 9.17) is 11.6 Å². The summed E-state index contributed by atoms with van der Waals surface area (Å²) < 4.78 is 0. The summed E-state index contributed by atoms with van der Waals surface area (Å²) in [7, 11) is 0. The van der Waals surface area contributed by atoms with Crippen molar-refractivity contribution in [2.45, 2.75) is 57.5 Å². The molecule has 4 amide bonds. The molecule has 2 saturated carbocycles. The second-order valence-corrected chi connectivity index (χ2v) is 8.35. The van der Waals surface area contributed by atoms with E-state index in [-0.39, 0.29) is 30.3 Å². The molecule has 0 aromatic heterocycles. The first-order valence-corrected chi connectivity index (χ1v) is 9.74. The number of urea groups is 1. The van der Waals surface area contributed by atoms with Crippen LogP contribution in [0.25, 0.3) is 0 Å². The lowest BCUT2D eigenvalue weighted by atomic mass is 9.93. The number of hydrogen-bond donors (Lipinski definition) is 0. The van der Waals surface area contributed by atoms with E-state index in [1.807, 2.05) is 19.1 Å². The Labute approximate surface area is 158 Å². The highest BCUT2D eigenvalue weighted by atomic mass is 35.5. The summed E-state index contributed by atoms with van der Waals surface area (Å²) >= 11 is 5.92. The van der Waals surface area contributed by atoms with Gasteiger partial charge >= 0.3 is 6.03 Å². The van der Waals surface area contributed by atoms with Crippen LogP contribution in [-0.4, -0.2) is 39.7 Å². The molecule has 2 aliphatic carbocycles. The van der Waals surface area contributed by atoms with E-state index >= 15 is 0 Å². The zero-order chi connectivity index (χ0) is 18.4. The van der Waals surface area contributed by atoms with Crippen molar-refractivity contribution in [3.05, 3.63) is 34.9 Å². The number of hydrogen-bond acceptors (Lipinski definition) is 3. The van der Waals surface area contributed by atoms with Gasteiger partial charge in [0, 0.05) is 17.1 Å². The predicted octanol–water partition coefficient (Wildman–Crippen LogP) is 3.64. The van der Waals surface area contributed by atoms with Crippen LogP contribution in [0.4, 0.5) is 4.79 Å². The molecule has 3 fully saturated rings. The van der Waals surface area contributed by atoms with Crippen LogP contribution in [0.2, 0.25) is 5.02 Å². The number of halogens is 1. The maximum Gasteiger partial charge on any atom is 0.333 e. The van der Waals surface area contributed by atoms with Crippen LogP contribution in [0.1, 0.15) is 44.6 Å². The number of imide groups is 2.